The Balaban J connectivity index is 2.23. The Bertz CT molecular complexity index is 609. The number of piperidine rings is 1. The summed E-state index contributed by atoms with van der Waals surface area (Å²) in [6, 6.07) is 6.08. The molecular formula is C14H15N3O4. The number of benzene rings is 1. The fraction of sp³-hybridized carbons (Fsp3) is 0.429. The van der Waals surface area contributed by atoms with Crippen LogP contribution < -0.4 is 5.32 Å². The van der Waals surface area contributed by atoms with Crippen molar-refractivity contribution in [2.24, 2.45) is 0 Å². The minimum atomic E-state index is -0.527. The van der Waals surface area contributed by atoms with Crippen LogP contribution in [0.15, 0.2) is 18.2 Å². The summed E-state index contributed by atoms with van der Waals surface area (Å²) in [5.41, 5.74) is 0.854. The zero-order valence-corrected chi connectivity index (χ0v) is 11.5. The van der Waals surface area contributed by atoms with Crippen LogP contribution in [-0.4, -0.2) is 23.5 Å². The van der Waals surface area contributed by atoms with E-state index in [-0.39, 0.29) is 29.4 Å². The molecule has 1 aliphatic heterocycles. The molecule has 1 aromatic rings. The van der Waals surface area contributed by atoms with Gasteiger partial charge in [-0.2, -0.15) is 5.26 Å². The SMILES string of the molecule is CC(=O)OC1CCNC(c2ccc([N+](=O)[O-])cc2C#N)C1. The molecule has 1 saturated heterocycles. The molecule has 7 heteroatoms. The molecule has 0 bridgehead atoms. The number of hydrogen-bond donors (Lipinski definition) is 1. The number of rotatable bonds is 3. The minimum absolute atomic E-state index is 0.109. The molecule has 2 unspecified atom stereocenters. The van der Waals surface area contributed by atoms with Crippen molar-refractivity contribution in [1.82, 2.24) is 5.32 Å². The largest absolute Gasteiger partial charge is 0.462 e. The van der Waals surface area contributed by atoms with E-state index in [0.717, 1.165) is 0 Å². The summed E-state index contributed by atoms with van der Waals surface area (Å²) in [5.74, 6) is -0.329. The predicted molar refractivity (Wildman–Crippen MR) is 73.3 cm³/mol. The maximum absolute atomic E-state index is 11.0. The Hall–Kier alpha value is -2.46. The van der Waals surface area contributed by atoms with Gasteiger partial charge < -0.3 is 10.1 Å². The first-order valence-corrected chi connectivity index (χ1v) is 6.60. The van der Waals surface area contributed by atoms with Gasteiger partial charge in [-0.15, -0.1) is 0 Å². The lowest BCUT2D eigenvalue weighted by molar-refractivity contribution is -0.384. The minimum Gasteiger partial charge on any atom is -0.462 e. The lowest BCUT2D eigenvalue weighted by atomic mass is 9.92. The normalized spacial score (nSPS) is 21.3. The number of carbonyl (C=O) groups excluding carboxylic acids is 1. The molecule has 7 nitrogen and oxygen atoms in total. The van der Waals surface area contributed by atoms with Crippen LogP contribution in [0.4, 0.5) is 5.69 Å². The van der Waals surface area contributed by atoms with E-state index in [9.17, 15) is 20.2 Å². The average Bonchev–Trinajstić information content (AvgIpc) is 2.46. The van der Waals surface area contributed by atoms with Crippen LogP contribution in [0, 0.1) is 21.4 Å². The van der Waals surface area contributed by atoms with Gasteiger partial charge in [0, 0.05) is 31.5 Å². The van der Waals surface area contributed by atoms with Gasteiger partial charge in [-0.3, -0.25) is 14.9 Å². The second kappa shape index (κ2) is 6.33. The first kappa shape index (κ1) is 14.9. The van der Waals surface area contributed by atoms with Crippen LogP contribution in [-0.2, 0) is 9.53 Å². The molecule has 0 aromatic heterocycles. The number of nitrogens with zero attached hydrogens (tertiary/aromatic N) is 2. The standard InChI is InChI=1S/C14H15N3O4/c1-9(18)21-12-4-5-16-14(7-12)13-3-2-11(17(19)20)6-10(13)8-15/h2-3,6,12,14,16H,4-5,7H2,1H3. The van der Waals surface area contributed by atoms with E-state index >= 15 is 0 Å². The highest BCUT2D eigenvalue weighted by Gasteiger charge is 2.27. The Morgan fingerprint density at radius 3 is 2.95 bits per heavy atom. The highest BCUT2D eigenvalue weighted by Crippen LogP contribution is 2.29. The third-order valence-corrected chi connectivity index (χ3v) is 3.43. The summed E-state index contributed by atoms with van der Waals surface area (Å²) >= 11 is 0. The number of nitrogens with one attached hydrogen (secondary N) is 1. The fourth-order valence-electron chi connectivity index (χ4n) is 2.52. The van der Waals surface area contributed by atoms with E-state index in [1.807, 2.05) is 6.07 Å². The summed E-state index contributed by atoms with van der Waals surface area (Å²) in [7, 11) is 0. The van der Waals surface area contributed by atoms with Crippen molar-refractivity contribution in [2.45, 2.75) is 31.9 Å². The molecule has 21 heavy (non-hydrogen) atoms. The van der Waals surface area contributed by atoms with E-state index in [1.54, 1.807) is 6.07 Å². The smallest absolute Gasteiger partial charge is 0.302 e. The summed E-state index contributed by atoms with van der Waals surface area (Å²) in [5, 5.41) is 23.2. The summed E-state index contributed by atoms with van der Waals surface area (Å²) in [6.07, 6.45) is 1.06. The maximum Gasteiger partial charge on any atom is 0.302 e. The lowest BCUT2D eigenvalue weighted by Gasteiger charge is -2.30. The molecule has 0 aliphatic carbocycles. The topological polar surface area (TPSA) is 105 Å². The number of esters is 1. The molecule has 0 spiro atoms. The maximum atomic E-state index is 11.0. The van der Waals surface area contributed by atoms with Gasteiger partial charge in [0.1, 0.15) is 6.10 Å². The summed E-state index contributed by atoms with van der Waals surface area (Å²) < 4.78 is 5.21. The number of hydrogen-bond acceptors (Lipinski definition) is 6. The van der Waals surface area contributed by atoms with Crippen molar-refractivity contribution in [3.05, 3.63) is 39.4 Å². The number of nitro benzene ring substituents is 1. The molecule has 2 rings (SSSR count). The monoisotopic (exact) mass is 289 g/mol. The van der Waals surface area contributed by atoms with Crippen molar-refractivity contribution >= 4 is 11.7 Å². The Morgan fingerprint density at radius 2 is 2.33 bits per heavy atom. The molecule has 1 fully saturated rings. The van der Waals surface area contributed by atoms with Crippen molar-refractivity contribution in [1.29, 1.82) is 5.26 Å². The molecule has 0 amide bonds. The first-order valence-electron chi connectivity index (χ1n) is 6.60. The number of nitriles is 1. The highest BCUT2D eigenvalue weighted by molar-refractivity contribution is 5.66. The molecule has 0 radical (unpaired) electrons. The average molecular weight is 289 g/mol. The fourth-order valence-corrected chi connectivity index (χ4v) is 2.52. The Kier molecular flexibility index (Phi) is 4.50. The molecule has 1 aliphatic rings. The van der Waals surface area contributed by atoms with Gasteiger partial charge in [-0.05, 0) is 24.6 Å². The zero-order chi connectivity index (χ0) is 15.4. The summed E-state index contributed by atoms with van der Waals surface area (Å²) in [6.45, 7) is 2.02. The predicted octanol–water partition coefficient (Wildman–Crippen LogP) is 1.82. The third kappa shape index (κ3) is 3.55. The second-order valence-corrected chi connectivity index (χ2v) is 4.90. The molecule has 110 valence electrons. The molecule has 0 saturated carbocycles. The van der Waals surface area contributed by atoms with Crippen LogP contribution in [0.2, 0.25) is 0 Å². The molecule has 1 aromatic carbocycles. The van der Waals surface area contributed by atoms with Crippen LogP contribution in [0.5, 0.6) is 0 Å². The lowest BCUT2D eigenvalue weighted by Crippen LogP contribution is -2.36. The van der Waals surface area contributed by atoms with Gasteiger partial charge in [-0.25, -0.2) is 0 Å². The number of carbonyl (C=O) groups is 1. The van der Waals surface area contributed by atoms with Crippen molar-refractivity contribution in [3.63, 3.8) is 0 Å². The van der Waals surface area contributed by atoms with Gasteiger partial charge in [0.15, 0.2) is 0 Å². The van der Waals surface area contributed by atoms with Gasteiger partial charge >= 0.3 is 5.97 Å². The van der Waals surface area contributed by atoms with Crippen LogP contribution in [0.3, 0.4) is 0 Å². The zero-order valence-electron chi connectivity index (χ0n) is 11.5. The Morgan fingerprint density at radius 1 is 1.57 bits per heavy atom. The van der Waals surface area contributed by atoms with E-state index in [0.29, 0.717) is 24.9 Å². The molecule has 1 N–H and O–H groups in total. The Labute approximate surface area is 121 Å². The van der Waals surface area contributed by atoms with Crippen molar-refractivity contribution in [2.75, 3.05) is 6.54 Å². The van der Waals surface area contributed by atoms with Crippen LogP contribution in [0.25, 0.3) is 0 Å². The van der Waals surface area contributed by atoms with Gasteiger partial charge in [0.2, 0.25) is 0 Å². The number of non-ortho nitro benzene ring substituents is 1. The van der Waals surface area contributed by atoms with E-state index in [1.165, 1.54) is 19.1 Å². The molecular weight excluding hydrogens is 274 g/mol. The summed E-state index contributed by atoms with van der Waals surface area (Å²) in [4.78, 5) is 21.3. The van der Waals surface area contributed by atoms with Gasteiger partial charge in [0.05, 0.1) is 16.6 Å². The first-order chi connectivity index (χ1) is 10.0. The quantitative estimate of drug-likeness (QED) is 0.517. The van der Waals surface area contributed by atoms with E-state index in [2.05, 4.69) is 5.32 Å². The van der Waals surface area contributed by atoms with Crippen LogP contribution >= 0.6 is 0 Å². The number of ether oxygens (including phenoxy) is 1. The molecule has 1 heterocycles. The number of nitro groups is 1. The van der Waals surface area contributed by atoms with Crippen molar-refractivity contribution < 1.29 is 14.5 Å². The van der Waals surface area contributed by atoms with E-state index < -0.39 is 4.92 Å². The second-order valence-electron chi connectivity index (χ2n) is 4.90. The van der Waals surface area contributed by atoms with E-state index in [4.69, 9.17) is 4.74 Å². The third-order valence-electron chi connectivity index (χ3n) is 3.43. The van der Waals surface area contributed by atoms with Gasteiger partial charge in [-0.1, -0.05) is 0 Å². The highest BCUT2D eigenvalue weighted by atomic mass is 16.6. The molecule has 2 atom stereocenters. The van der Waals surface area contributed by atoms with Gasteiger partial charge in [0.25, 0.3) is 5.69 Å². The van der Waals surface area contributed by atoms with Crippen molar-refractivity contribution in [3.8, 4) is 6.07 Å². The van der Waals surface area contributed by atoms with Crippen LogP contribution in [0.1, 0.15) is 36.9 Å².